The van der Waals surface area contributed by atoms with Gasteiger partial charge in [0.1, 0.15) is 0 Å². The zero-order valence-corrected chi connectivity index (χ0v) is 11.2. The lowest BCUT2D eigenvalue weighted by atomic mass is 9.94. The van der Waals surface area contributed by atoms with Gasteiger partial charge in [-0.2, -0.15) is 0 Å². The van der Waals surface area contributed by atoms with Gasteiger partial charge in [-0.25, -0.2) is 0 Å². The second-order valence-electron chi connectivity index (χ2n) is 6.40. The second kappa shape index (κ2) is 4.26. The van der Waals surface area contributed by atoms with E-state index in [1.54, 1.807) is 16.7 Å². The van der Waals surface area contributed by atoms with E-state index in [1.165, 1.54) is 64.2 Å². The van der Waals surface area contributed by atoms with Crippen molar-refractivity contribution in [3.63, 3.8) is 0 Å². The van der Waals surface area contributed by atoms with E-state index in [9.17, 15) is 0 Å². The number of hydrogen-bond donors (Lipinski definition) is 0. The number of rotatable bonds is 0. The maximum absolute atomic E-state index is 2.40. The van der Waals surface area contributed by atoms with Crippen molar-refractivity contribution in [3.8, 4) is 0 Å². The molecule has 4 aliphatic carbocycles. The van der Waals surface area contributed by atoms with Crippen molar-refractivity contribution in [2.24, 2.45) is 0 Å². The molecule has 0 heterocycles. The number of allylic oxidation sites excluding steroid dienone is 8. The van der Waals surface area contributed by atoms with Gasteiger partial charge in [0.15, 0.2) is 0 Å². The van der Waals surface area contributed by atoms with E-state index in [0.717, 1.165) is 0 Å². The van der Waals surface area contributed by atoms with Crippen molar-refractivity contribution in [1.82, 2.24) is 0 Å². The second-order valence-corrected chi connectivity index (χ2v) is 6.40. The summed E-state index contributed by atoms with van der Waals surface area (Å²) in [6.45, 7) is 0. The molecule has 0 amide bonds. The molecule has 0 aromatic carbocycles. The highest BCUT2D eigenvalue weighted by Gasteiger charge is 2.27. The van der Waals surface area contributed by atoms with Gasteiger partial charge < -0.3 is 0 Å². The van der Waals surface area contributed by atoms with Gasteiger partial charge in [-0.05, 0) is 69.8 Å². The molecular weight excluding hydrogens is 216 g/mol. The normalized spacial score (nSPS) is 27.1. The first-order valence-electron chi connectivity index (χ1n) is 7.67. The third kappa shape index (κ3) is 1.74. The Morgan fingerprint density at radius 2 is 1.28 bits per heavy atom. The molecule has 94 valence electrons. The molecular formula is C18H22. The van der Waals surface area contributed by atoms with E-state index in [4.69, 9.17) is 0 Å². The summed E-state index contributed by atoms with van der Waals surface area (Å²) in [5.74, 6) is 0. The van der Waals surface area contributed by atoms with Crippen LogP contribution in [0.1, 0.15) is 64.2 Å². The standard InChI is InChI=1S/C18H22/c1-2-6-14-10-17(9-13(14)5-1)18-11-15-7-3-4-8-16(15)12-18/h1,5H,2-4,6-12H2. The summed E-state index contributed by atoms with van der Waals surface area (Å²) in [5, 5.41) is 0. The molecule has 0 nitrogen and oxygen atoms in total. The molecule has 0 radical (unpaired) electrons. The van der Waals surface area contributed by atoms with Gasteiger partial charge in [0, 0.05) is 0 Å². The van der Waals surface area contributed by atoms with E-state index in [0.29, 0.717) is 0 Å². The Hall–Kier alpha value is -1.04. The minimum atomic E-state index is 1.27. The topological polar surface area (TPSA) is 0 Å². The van der Waals surface area contributed by atoms with Crippen molar-refractivity contribution < 1.29 is 0 Å². The zero-order chi connectivity index (χ0) is 11.9. The smallest absolute Gasteiger partial charge is 0.00614 e. The predicted octanol–water partition coefficient (Wildman–Crippen LogP) is 5.39. The zero-order valence-electron chi connectivity index (χ0n) is 11.2. The Morgan fingerprint density at radius 3 is 2.00 bits per heavy atom. The summed E-state index contributed by atoms with van der Waals surface area (Å²) in [5.41, 5.74) is 10.7. The van der Waals surface area contributed by atoms with Crippen LogP contribution in [0.25, 0.3) is 0 Å². The highest BCUT2D eigenvalue weighted by Crippen LogP contribution is 2.46. The van der Waals surface area contributed by atoms with Gasteiger partial charge in [-0.1, -0.05) is 40.0 Å². The fourth-order valence-electron chi connectivity index (χ4n) is 4.23. The molecule has 18 heavy (non-hydrogen) atoms. The lowest BCUT2D eigenvalue weighted by Crippen LogP contribution is -1.92. The minimum Gasteiger partial charge on any atom is -0.0839 e. The molecule has 0 bridgehead atoms. The monoisotopic (exact) mass is 238 g/mol. The average molecular weight is 238 g/mol. The first kappa shape index (κ1) is 10.8. The van der Waals surface area contributed by atoms with Gasteiger partial charge in [0.05, 0.1) is 0 Å². The molecule has 0 heteroatoms. The Morgan fingerprint density at radius 1 is 0.611 bits per heavy atom. The summed E-state index contributed by atoms with van der Waals surface area (Å²) in [6, 6.07) is 0. The molecule has 0 unspecified atom stereocenters. The first-order chi connectivity index (χ1) is 8.90. The molecule has 4 aliphatic rings. The third-order valence-electron chi connectivity index (χ3n) is 5.28. The summed E-state index contributed by atoms with van der Waals surface area (Å²) in [4.78, 5) is 0. The van der Waals surface area contributed by atoms with Crippen molar-refractivity contribution in [1.29, 1.82) is 0 Å². The summed E-state index contributed by atoms with van der Waals surface area (Å²) < 4.78 is 0. The van der Waals surface area contributed by atoms with Gasteiger partial charge >= 0.3 is 0 Å². The van der Waals surface area contributed by atoms with Gasteiger partial charge in [0.2, 0.25) is 0 Å². The highest BCUT2D eigenvalue weighted by molar-refractivity contribution is 5.47. The molecule has 0 fully saturated rings. The van der Waals surface area contributed by atoms with Gasteiger partial charge in [0.25, 0.3) is 0 Å². The highest BCUT2D eigenvalue weighted by atomic mass is 14.3. The Kier molecular flexibility index (Phi) is 2.57. The van der Waals surface area contributed by atoms with Crippen LogP contribution >= 0.6 is 0 Å². The van der Waals surface area contributed by atoms with Crippen LogP contribution < -0.4 is 0 Å². The van der Waals surface area contributed by atoms with Crippen LogP contribution in [0, 0.1) is 0 Å². The lowest BCUT2D eigenvalue weighted by molar-refractivity contribution is 0.672. The van der Waals surface area contributed by atoms with E-state index in [1.807, 2.05) is 16.7 Å². The van der Waals surface area contributed by atoms with Crippen molar-refractivity contribution in [2.45, 2.75) is 64.2 Å². The van der Waals surface area contributed by atoms with Crippen molar-refractivity contribution in [3.05, 3.63) is 45.6 Å². The van der Waals surface area contributed by atoms with E-state index < -0.39 is 0 Å². The molecule has 0 aromatic rings. The first-order valence-corrected chi connectivity index (χ1v) is 7.67. The fourth-order valence-corrected chi connectivity index (χ4v) is 4.23. The third-order valence-corrected chi connectivity index (χ3v) is 5.28. The van der Waals surface area contributed by atoms with Gasteiger partial charge in [-0.3, -0.25) is 0 Å². The van der Waals surface area contributed by atoms with E-state index >= 15 is 0 Å². The van der Waals surface area contributed by atoms with Crippen molar-refractivity contribution in [2.75, 3.05) is 0 Å². The van der Waals surface area contributed by atoms with E-state index in [-0.39, 0.29) is 0 Å². The van der Waals surface area contributed by atoms with Crippen LogP contribution in [0.4, 0.5) is 0 Å². The number of hydrogen-bond acceptors (Lipinski definition) is 0. The summed E-state index contributed by atoms with van der Waals surface area (Å²) in [6.07, 6.45) is 18.3. The Balaban J connectivity index is 1.56. The van der Waals surface area contributed by atoms with Crippen LogP contribution in [0.5, 0.6) is 0 Å². The Bertz CT molecular complexity index is 488. The lowest BCUT2D eigenvalue weighted by Gasteiger charge is -2.12. The van der Waals surface area contributed by atoms with Crippen LogP contribution in [-0.2, 0) is 0 Å². The SMILES string of the molecule is C1=CC2=C(CC1)CC(=C1CC3=C(CCCC3)C1)C2. The molecule has 0 saturated carbocycles. The predicted molar refractivity (Wildman–Crippen MR) is 76.4 cm³/mol. The van der Waals surface area contributed by atoms with E-state index in [2.05, 4.69) is 12.2 Å². The Labute approximate surface area is 110 Å². The van der Waals surface area contributed by atoms with Crippen LogP contribution in [0.3, 0.4) is 0 Å². The summed E-state index contributed by atoms with van der Waals surface area (Å²) >= 11 is 0. The molecule has 0 N–H and O–H groups in total. The minimum absolute atomic E-state index is 1.27. The van der Waals surface area contributed by atoms with Crippen molar-refractivity contribution >= 4 is 0 Å². The molecule has 0 aliphatic heterocycles. The quantitative estimate of drug-likeness (QED) is 0.496. The van der Waals surface area contributed by atoms with Crippen LogP contribution in [-0.4, -0.2) is 0 Å². The molecule has 0 saturated heterocycles. The summed E-state index contributed by atoms with van der Waals surface area (Å²) in [7, 11) is 0. The molecule has 4 rings (SSSR count). The fraction of sp³-hybridized carbons (Fsp3) is 0.556. The maximum Gasteiger partial charge on any atom is -0.00614 e. The van der Waals surface area contributed by atoms with Gasteiger partial charge in [-0.15, -0.1) is 0 Å². The largest absolute Gasteiger partial charge is 0.0839 e. The average Bonchev–Trinajstić information content (AvgIpc) is 3.02. The molecule has 0 aromatic heterocycles. The molecule has 0 spiro atoms. The maximum atomic E-state index is 2.40. The molecule has 0 atom stereocenters. The van der Waals surface area contributed by atoms with Crippen LogP contribution in [0.15, 0.2) is 45.6 Å². The van der Waals surface area contributed by atoms with Crippen LogP contribution in [0.2, 0.25) is 0 Å².